The van der Waals surface area contributed by atoms with E-state index in [2.05, 4.69) is 30.1 Å². The molecule has 1 fully saturated rings. The highest BCUT2D eigenvalue weighted by atomic mass is 35.5. The van der Waals surface area contributed by atoms with Gasteiger partial charge in [-0.15, -0.1) is 12.8 Å². The van der Waals surface area contributed by atoms with E-state index in [1.807, 2.05) is 25.1 Å². The monoisotopic (exact) mass is 385 g/mol. The maximum atomic E-state index is 12.0. The maximum Gasteiger partial charge on any atom is 0.239 e. The topological polar surface area (TPSA) is 61.4 Å². The fourth-order valence-electron chi connectivity index (χ4n) is 2.12. The van der Waals surface area contributed by atoms with Gasteiger partial charge in [0, 0.05) is 42.0 Å². The van der Waals surface area contributed by atoms with Crippen LogP contribution in [0.25, 0.3) is 0 Å². The highest BCUT2D eigenvalue weighted by molar-refractivity contribution is 7.81. The number of terminal acetylenes is 1. The lowest BCUT2D eigenvalue weighted by Gasteiger charge is -2.40. The lowest BCUT2D eigenvalue weighted by molar-refractivity contribution is -0.121. The summed E-state index contributed by atoms with van der Waals surface area (Å²) in [5.74, 6) is 0.265. The van der Waals surface area contributed by atoms with E-state index in [0.29, 0.717) is 16.6 Å². The number of rotatable bonds is 8. The fraction of sp³-hybridized carbons (Fsp3) is 0.500. The van der Waals surface area contributed by atoms with E-state index in [-0.39, 0.29) is 18.5 Å². The van der Waals surface area contributed by atoms with Crippen molar-refractivity contribution >= 4 is 28.5 Å². The highest BCUT2D eigenvalue weighted by Crippen LogP contribution is 2.20. The molecule has 2 N–H and O–H groups in total. The van der Waals surface area contributed by atoms with Crippen molar-refractivity contribution < 1.29 is 9.00 Å². The van der Waals surface area contributed by atoms with Crippen LogP contribution in [0.15, 0.2) is 35.0 Å². The molecule has 7 heteroatoms. The van der Waals surface area contributed by atoms with Gasteiger partial charge in [-0.3, -0.25) is 4.79 Å². The third-order valence-corrected chi connectivity index (χ3v) is 5.26. The molecule has 1 saturated heterocycles. The van der Waals surface area contributed by atoms with Gasteiger partial charge in [0.25, 0.3) is 0 Å². The number of carbonyl (C=O) groups excluding carboxylic acids is 1. The zero-order valence-electron chi connectivity index (χ0n) is 15.3. The first kappa shape index (κ1) is 23.4. The third kappa shape index (κ3) is 8.39. The smallest absolute Gasteiger partial charge is 0.239 e. The zero-order valence-corrected chi connectivity index (χ0v) is 16.9. The Balaban J connectivity index is 0.00000277. The van der Waals surface area contributed by atoms with E-state index in [4.69, 9.17) is 11.6 Å². The van der Waals surface area contributed by atoms with E-state index < -0.39 is 11.0 Å². The standard InChI is InChI=1S/C16H26ClN3O2S.C2H2/c1-6-15(17)7-11(2)12(3)18-8-16(21)19-13(4)14-9-20(10-14)23(5)22;1-2/h6-7,13-14,18H,3,8-10H2,1-2,4-5H3,(H,19,21);1-2H/b11-7-,15-6+;. The SMILES string of the molecule is C#C.C=C(NCC(=O)NC(C)C1CN(S(C)=O)C1)/C(C)=C\C(Cl)=C/C. The molecule has 25 heavy (non-hydrogen) atoms. The van der Waals surface area contributed by atoms with Gasteiger partial charge in [-0.05, 0) is 32.4 Å². The van der Waals surface area contributed by atoms with Crippen LogP contribution in [0, 0.1) is 18.8 Å². The van der Waals surface area contributed by atoms with Crippen molar-refractivity contribution in [3.05, 3.63) is 35.0 Å². The number of allylic oxidation sites excluding steroid dienone is 4. The summed E-state index contributed by atoms with van der Waals surface area (Å²) in [4.78, 5) is 12.0. The quantitative estimate of drug-likeness (QED) is 0.497. The molecule has 1 aliphatic heterocycles. The van der Waals surface area contributed by atoms with Crippen LogP contribution in [-0.2, 0) is 15.8 Å². The first-order valence-electron chi connectivity index (χ1n) is 7.89. The van der Waals surface area contributed by atoms with E-state index in [1.54, 1.807) is 18.4 Å². The number of hydrogen-bond acceptors (Lipinski definition) is 3. The summed E-state index contributed by atoms with van der Waals surface area (Å²) in [6, 6.07) is 0.0615. The van der Waals surface area contributed by atoms with Crippen molar-refractivity contribution in [1.29, 1.82) is 0 Å². The van der Waals surface area contributed by atoms with Gasteiger partial charge < -0.3 is 10.6 Å². The molecule has 0 bridgehead atoms. The van der Waals surface area contributed by atoms with Crippen molar-refractivity contribution in [2.75, 3.05) is 25.9 Å². The molecule has 1 aliphatic rings. The Morgan fingerprint density at radius 1 is 1.48 bits per heavy atom. The van der Waals surface area contributed by atoms with E-state index >= 15 is 0 Å². The Hall–Kier alpha value is -1.55. The molecule has 0 aliphatic carbocycles. The van der Waals surface area contributed by atoms with Crippen molar-refractivity contribution in [3.63, 3.8) is 0 Å². The molecule has 0 aromatic rings. The molecule has 1 heterocycles. The van der Waals surface area contributed by atoms with Crippen LogP contribution in [0.4, 0.5) is 0 Å². The van der Waals surface area contributed by atoms with Crippen LogP contribution in [0.3, 0.4) is 0 Å². The van der Waals surface area contributed by atoms with Gasteiger partial charge in [0.2, 0.25) is 5.91 Å². The van der Waals surface area contributed by atoms with E-state index in [0.717, 1.165) is 18.7 Å². The number of halogens is 1. The number of nitrogens with one attached hydrogen (secondary N) is 2. The number of nitrogens with zero attached hydrogens (tertiary/aromatic N) is 1. The Bertz CT molecular complexity index is 578. The molecule has 1 amide bonds. The normalized spacial score (nSPS) is 18.2. The minimum absolute atomic E-state index is 0.0615. The van der Waals surface area contributed by atoms with Gasteiger partial charge in [0.05, 0.1) is 17.5 Å². The van der Waals surface area contributed by atoms with Gasteiger partial charge in [0.15, 0.2) is 0 Å². The molecule has 2 atom stereocenters. The van der Waals surface area contributed by atoms with Crippen LogP contribution in [0.5, 0.6) is 0 Å². The Morgan fingerprint density at radius 2 is 2.04 bits per heavy atom. The fourth-order valence-corrected chi connectivity index (χ4v) is 3.09. The number of hydrogen-bond donors (Lipinski definition) is 2. The van der Waals surface area contributed by atoms with Crippen LogP contribution in [-0.4, -0.2) is 46.4 Å². The summed E-state index contributed by atoms with van der Waals surface area (Å²) in [6.45, 7) is 11.3. The minimum atomic E-state index is -0.919. The van der Waals surface area contributed by atoms with Crippen molar-refractivity contribution in [1.82, 2.24) is 14.9 Å². The molecule has 2 unspecified atom stereocenters. The Morgan fingerprint density at radius 3 is 2.52 bits per heavy atom. The summed E-state index contributed by atoms with van der Waals surface area (Å²) >= 11 is 5.94. The molecular weight excluding hydrogens is 358 g/mol. The van der Waals surface area contributed by atoms with Gasteiger partial charge in [0.1, 0.15) is 0 Å². The maximum absolute atomic E-state index is 12.0. The molecule has 140 valence electrons. The molecule has 0 radical (unpaired) electrons. The lowest BCUT2D eigenvalue weighted by atomic mass is 9.95. The summed E-state index contributed by atoms with van der Waals surface area (Å²) in [5, 5.41) is 6.59. The summed E-state index contributed by atoms with van der Waals surface area (Å²) in [5.41, 5.74) is 1.55. The summed E-state index contributed by atoms with van der Waals surface area (Å²) < 4.78 is 13.1. The average Bonchev–Trinajstić information content (AvgIpc) is 2.52. The first-order valence-corrected chi connectivity index (χ1v) is 9.78. The second kappa shape index (κ2) is 11.9. The highest BCUT2D eigenvalue weighted by Gasteiger charge is 2.33. The second-order valence-corrected chi connectivity index (χ2v) is 7.52. The largest absolute Gasteiger partial charge is 0.376 e. The molecule has 0 saturated carbocycles. The first-order chi connectivity index (χ1) is 11.7. The second-order valence-electron chi connectivity index (χ2n) is 5.72. The molecule has 0 spiro atoms. The molecule has 1 rings (SSSR count). The number of amides is 1. The van der Waals surface area contributed by atoms with Crippen molar-refractivity contribution in [2.45, 2.75) is 26.8 Å². The van der Waals surface area contributed by atoms with E-state index in [9.17, 15) is 9.00 Å². The van der Waals surface area contributed by atoms with Gasteiger partial charge in [-0.25, -0.2) is 8.51 Å². The Labute approximate surface area is 159 Å². The number of carbonyl (C=O) groups is 1. The predicted molar refractivity (Wildman–Crippen MR) is 107 cm³/mol. The van der Waals surface area contributed by atoms with Crippen molar-refractivity contribution in [2.24, 2.45) is 5.92 Å². The molecular formula is C18H28ClN3O2S. The summed E-state index contributed by atoms with van der Waals surface area (Å²) in [7, 11) is -0.919. The van der Waals surface area contributed by atoms with Gasteiger partial charge in [-0.2, -0.15) is 0 Å². The van der Waals surface area contributed by atoms with Crippen molar-refractivity contribution in [3.8, 4) is 12.8 Å². The molecule has 0 aromatic carbocycles. The summed E-state index contributed by atoms with van der Waals surface area (Å²) in [6.07, 6.45) is 13.3. The third-order valence-electron chi connectivity index (χ3n) is 3.90. The van der Waals surface area contributed by atoms with Crippen LogP contribution < -0.4 is 10.6 Å². The van der Waals surface area contributed by atoms with Gasteiger partial charge in [-0.1, -0.05) is 24.3 Å². The Kier molecular flexibility index (Phi) is 11.2. The molecule has 5 nitrogen and oxygen atoms in total. The van der Waals surface area contributed by atoms with Crippen LogP contribution in [0.1, 0.15) is 20.8 Å². The predicted octanol–water partition coefficient (Wildman–Crippen LogP) is 2.16. The van der Waals surface area contributed by atoms with E-state index in [1.165, 1.54) is 0 Å². The molecule has 0 aromatic heterocycles. The zero-order chi connectivity index (χ0) is 19.6. The van der Waals surface area contributed by atoms with Gasteiger partial charge >= 0.3 is 0 Å². The lowest BCUT2D eigenvalue weighted by Crippen LogP contribution is -2.56. The average molecular weight is 386 g/mol. The van der Waals surface area contributed by atoms with Crippen LogP contribution in [0.2, 0.25) is 0 Å². The minimum Gasteiger partial charge on any atom is -0.376 e. The van der Waals surface area contributed by atoms with Crippen LogP contribution >= 0.6 is 11.6 Å².